The Morgan fingerprint density at radius 3 is 2.32 bits per heavy atom. The molecular weight excluding hydrogens is 418 g/mol. The summed E-state index contributed by atoms with van der Waals surface area (Å²) in [5.74, 6) is -0.205. The Bertz CT molecular complexity index is 965. The minimum Gasteiger partial charge on any atom is -0.352 e. The second-order valence-electron chi connectivity index (χ2n) is 8.55. The van der Waals surface area contributed by atoms with Crippen LogP contribution in [0.2, 0.25) is 0 Å². The van der Waals surface area contributed by atoms with E-state index in [0.717, 1.165) is 18.4 Å². The summed E-state index contributed by atoms with van der Waals surface area (Å²) in [4.78, 5) is 37.4. The molecule has 0 aliphatic carbocycles. The molecule has 3 rings (SSSR count). The molecule has 31 heavy (non-hydrogen) atoms. The highest BCUT2D eigenvalue weighted by atomic mass is 32.2. The van der Waals surface area contributed by atoms with Crippen LogP contribution in [-0.2, 0) is 19.6 Å². The van der Waals surface area contributed by atoms with E-state index in [-0.39, 0.29) is 48.5 Å². The zero-order valence-corrected chi connectivity index (χ0v) is 19.3. The van der Waals surface area contributed by atoms with Crippen LogP contribution in [0.1, 0.15) is 60.5 Å². The minimum atomic E-state index is -3.67. The van der Waals surface area contributed by atoms with Gasteiger partial charge in [0.25, 0.3) is 5.91 Å². The van der Waals surface area contributed by atoms with Crippen LogP contribution in [0.25, 0.3) is 0 Å². The fraction of sp³-hybridized carbons (Fsp3) is 0.591. The Morgan fingerprint density at radius 2 is 1.71 bits per heavy atom. The summed E-state index contributed by atoms with van der Waals surface area (Å²) in [5, 5.41) is 2.77. The molecule has 0 aromatic heterocycles. The molecule has 3 amide bonds. The highest BCUT2D eigenvalue weighted by molar-refractivity contribution is 7.89. The van der Waals surface area contributed by atoms with Gasteiger partial charge in [0.05, 0.1) is 4.90 Å². The molecule has 2 fully saturated rings. The largest absolute Gasteiger partial charge is 0.352 e. The van der Waals surface area contributed by atoms with E-state index >= 15 is 0 Å². The van der Waals surface area contributed by atoms with Gasteiger partial charge in [0.1, 0.15) is 0 Å². The van der Waals surface area contributed by atoms with Crippen LogP contribution >= 0.6 is 0 Å². The molecule has 9 heteroatoms. The minimum absolute atomic E-state index is 0.174. The van der Waals surface area contributed by atoms with E-state index in [1.807, 2.05) is 0 Å². The van der Waals surface area contributed by atoms with Crippen molar-refractivity contribution < 1.29 is 22.8 Å². The number of sulfonamides is 1. The molecule has 170 valence electrons. The summed E-state index contributed by atoms with van der Waals surface area (Å²) in [6.45, 7) is 7.24. The van der Waals surface area contributed by atoms with Crippen LogP contribution in [0.4, 0.5) is 0 Å². The number of hydrogen-bond donors (Lipinski definition) is 1. The lowest BCUT2D eigenvalue weighted by atomic mass is 10.0. The van der Waals surface area contributed by atoms with Crippen molar-refractivity contribution in [3.8, 4) is 0 Å². The standard InChI is InChI=1S/C22H31N3O5S/c1-15-7-11-24(12-8-15)31(29,30)19-14-18(13-16(2)17(19)3)22(28)23-9-4-10-25-20(26)5-6-21(25)27/h13-15H,4-12H2,1-3H3,(H,23,28). The number of nitrogens with zero attached hydrogens (tertiary/aromatic N) is 2. The number of imide groups is 1. The smallest absolute Gasteiger partial charge is 0.251 e. The number of hydrogen-bond acceptors (Lipinski definition) is 5. The van der Waals surface area contributed by atoms with Crippen LogP contribution in [0.15, 0.2) is 17.0 Å². The predicted molar refractivity (Wildman–Crippen MR) is 116 cm³/mol. The quantitative estimate of drug-likeness (QED) is 0.506. The Kier molecular flexibility index (Phi) is 7.16. The number of piperidine rings is 1. The van der Waals surface area contributed by atoms with Crippen LogP contribution < -0.4 is 5.32 Å². The average molecular weight is 450 g/mol. The Balaban J connectivity index is 1.67. The van der Waals surface area contributed by atoms with Crippen molar-refractivity contribution in [2.45, 2.75) is 57.8 Å². The lowest BCUT2D eigenvalue weighted by Crippen LogP contribution is -2.38. The first kappa shape index (κ1) is 23.4. The maximum atomic E-state index is 13.2. The van der Waals surface area contributed by atoms with Gasteiger partial charge in [-0.15, -0.1) is 0 Å². The lowest BCUT2D eigenvalue weighted by molar-refractivity contribution is -0.138. The first-order valence-corrected chi connectivity index (χ1v) is 12.3. The molecule has 0 spiro atoms. The van der Waals surface area contributed by atoms with Crippen molar-refractivity contribution >= 4 is 27.7 Å². The predicted octanol–water partition coefficient (Wildman–Crippen LogP) is 1.99. The van der Waals surface area contributed by atoms with Crippen LogP contribution in [-0.4, -0.2) is 61.5 Å². The average Bonchev–Trinajstić information content (AvgIpc) is 3.04. The molecule has 2 aliphatic heterocycles. The molecule has 2 aliphatic rings. The monoisotopic (exact) mass is 449 g/mol. The molecule has 2 heterocycles. The molecule has 0 saturated carbocycles. The summed E-state index contributed by atoms with van der Waals surface area (Å²) < 4.78 is 28.0. The van der Waals surface area contributed by atoms with E-state index in [1.165, 1.54) is 15.3 Å². The van der Waals surface area contributed by atoms with Gasteiger partial charge in [0.2, 0.25) is 21.8 Å². The Morgan fingerprint density at radius 1 is 1.10 bits per heavy atom. The van der Waals surface area contributed by atoms with Crippen molar-refractivity contribution in [1.82, 2.24) is 14.5 Å². The van der Waals surface area contributed by atoms with E-state index in [2.05, 4.69) is 12.2 Å². The van der Waals surface area contributed by atoms with E-state index in [0.29, 0.717) is 36.6 Å². The van der Waals surface area contributed by atoms with Gasteiger partial charge in [-0.2, -0.15) is 4.31 Å². The van der Waals surface area contributed by atoms with Gasteiger partial charge >= 0.3 is 0 Å². The van der Waals surface area contributed by atoms with Gasteiger partial charge in [0, 0.05) is 44.6 Å². The number of nitrogens with one attached hydrogen (secondary N) is 1. The van der Waals surface area contributed by atoms with E-state index < -0.39 is 10.0 Å². The third-order valence-electron chi connectivity index (χ3n) is 6.24. The zero-order chi connectivity index (χ0) is 22.8. The van der Waals surface area contributed by atoms with Crippen LogP contribution in [0.3, 0.4) is 0 Å². The van der Waals surface area contributed by atoms with Crippen molar-refractivity contribution in [2.24, 2.45) is 5.92 Å². The number of likely N-dealkylation sites (tertiary alicyclic amines) is 1. The van der Waals surface area contributed by atoms with E-state index in [9.17, 15) is 22.8 Å². The third kappa shape index (κ3) is 5.15. The molecule has 1 N–H and O–H groups in total. The van der Waals surface area contributed by atoms with Crippen molar-refractivity contribution in [3.05, 3.63) is 28.8 Å². The van der Waals surface area contributed by atoms with Crippen LogP contribution in [0.5, 0.6) is 0 Å². The lowest BCUT2D eigenvalue weighted by Gasteiger charge is -2.30. The van der Waals surface area contributed by atoms with Crippen molar-refractivity contribution in [1.29, 1.82) is 0 Å². The van der Waals surface area contributed by atoms with Crippen LogP contribution in [0, 0.1) is 19.8 Å². The Hall–Kier alpha value is -2.26. The number of benzene rings is 1. The summed E-state index contributed by atoms with van der Waals surface area (Å²) in [6, 6.07) is 3.15. The summed E-state index contributed by atoms with van der Waals surface area (Å²) in [5.41, 5.74) is 1.69. The topological polar surface area (TPSA) is 104 Å². The van der Waals surface area contributed by atoms with E-state index in [1.54, 1.807) is 19.9 Å². The third-order valence-corrected chi connectivity index (χ3v) is 8.27. The van der Waals surface area contributed by atoms with Gasteiger partial charge in [-0.25, -0.2) is 8.42 Å². The summed E-state index contributed by atoms with van der Waals surface area (Å²) in [7, 11) is -3.67. The van der Waals surface area contributed by atoms with E-state index in [4.69, 9.17) is 0 Å². The van der Waals surface area contributed by atoms with Gasteiger partial charge in [-0.1, -0.05) is 6.92 Å². The fourth-order valence-corrected chi connectivity index (χ4v) is 5.80. The van der Waals surface area contributed by atoms with Crippen molar-refractivity contribution in [3.63, 3.8) is 0 Å². The zero-order valence-electron chi connectivity index (χ0n) is 18.4. The van der Waals surface area contributed by atoms with Gasteiger partial charge in [-0.3, -0.25) is 19.3 Å². The summed E-state index contributed by atoms with van der Waals surface area (Å²) >= 11 is 0. The van der Waals surface area contributed by atoms with Gasteiger partial charge in [0.15, 0.2) is 0 Å². The Labute approximate surface area is 184 Å². The molecule has 2 saturated heterocycles. The molecule has 0 atom stereocenters. The number of amides is 3. The first-order valence-electron chi connectivity index (χ1n) is 10.8. The molecule has 1 aromatic carbocycles. The highest BCUT2D eigenvalue weighted by Gasteiger charge is 2.31. The number of carbonyl (C=O) groups is 3. The number of rotatable bonds is 7. The fourth-order valence-electron chi connectivity index (χ4n) is 4.00. The second-order valence-corrected chi connectivity index (χ2v) is 10.5. The second kappa shape index (κ2) is 9.48. The number of aryl methyl sites for hydroxylation is 1. The molecule has 0 bridgehead atoms. The molecule has 0 radical (unpaired) electrons. The maximum Gasteiger partial charge on any atom is 0.251 e. The summed E-state index contributed by atoms with van der Waals surface area (Å²) in [6.07, 6.45) is 2.62. The molecule has 8 nitrogen and oxygen atoms in total. The molecular formula is C22H31N3O5S. The number of carbonyl (C=O) groups excluding carboxylic acids is 3. The molecule has 0 unspecified atom stereocenters. The SMILES string of the molecule is Cc1cc(C(=O)NCCCN2C(=O)CCC2=O)cc(S(=O)(=O)N2CCC(C)CC2)c1C. The first-order chi connectivity index (χ1) is 14.6. The maximum absolute atomic E-state index is 13.2. The van der Waals surface area contributed by atoms with Crippen molar-refractivity contribution in [2.75, 3.05) is 26.2 Å². The molecule has 1 aromatic rings. The highest BCUT2D eigenvalue weighted by Crippen LogP contribution is 2.28. The normalized spacial score (nSPS) is 18.6. The van der Waals surface area contributed by atoms with Gasteiger partial charge < -0.3 is 5.32 Å². The van der Waals surface area contributed by atoms with Gasteiger partial charge in [-0.05, 0) is 62.3 Å².